The second-order valence-corrected chi connectivity index (χ2v) is 7.40. The number of piperazine rings is 1. The van der Waals surface area contributed by atoms with Crippen LogP contribution in [-0.2, 0) is 0 Å². The van der Waals surface area contributed by atoms with Crippen molar-refractivity contribution in [1.82, 2.24) is 25.1 Å². The normalized spacial score (nSPS) is 15.8. The van der Waals surface area contributed by atoms with E-state index in [1.54, 1.807) is 13.3 Å². The van der Waals surface area contributed by atoms with E-state index in [1.165, 1.54) is 0 Å². The number of hydrogen-bond acceptors (Lipinski definition) is 6. The Morgan fingerprint density at radius 1 is 1.38 bits per heavy atom. The average molecular weight is 428 g/mol. The third-order valence-electron chi connectivity index (χ3n) is 4.60. The zero-order chi connectivity index (χ0) is 19.1. The SMILES string of the molecule is CN=C(NCCN(C)C(C)C)N1CCN(c2ncc(Br)c(OC)n2)CC1. The van der Waals surface area contributed by atoms with Crippen LogP contribution >= 0.6 is 15.9 Å². The Morgan fingerprint density at radius 3 is 2.65 bits per heavy atom. The van der Waals surface area contributed by atoms with Crippen LogP contribution in [0.1, 0.15) is 13.8 Å². The van der Waals surface area contributed by atoms with Crippen molar-refractivity contribution in [2.75, 3.05) is 65.4 Å². The van der Waals surface area contributed by atoms with Gasteiger partial charge in [0.1, 0.15) is 0 Å². The molecule has 0 radical (unpaired) electrons. The molecule has 0 aromatic carbocycles. The molecule has 26 heavy (non-hydrogen) atoms. The van der Waals surface area contributed by atoms with E-state index < -0.39 is 0 Å². The Labute approximate surface area is 164 Å². The minimum absolute atomic E-state index is 0.547. The molecule has 2 heterocycles. The molecular formula is C17H30BrN7O. The second kappa shape index (κ2) is 9.91. The lowest BCUT2D eigenvalue weighted by Crippen LogP contribution is -2.53. The van der Waals surface area contributed by atoms with Crippen molar-refractivity contribution in [2.24, 2.45) is 4.99 Å². The third-order valence-corrected chi connectivity index (χ3v) is 5.14. The van der Waals surface area contributed by atoms with Gasteiger partial charge < -0.3 is 24.8 Å². The summed E-state index contributed by atoms with van der Waals surface area (Å²) >= 11 is 3.39. The first-order valence-electron chi connectivity index (χ1n) is 8.93. The summed E-state index contributed by atoms with van der Waals surface area (Å²) in [7, 11) is 5.59. The quantitative estimate of drug-likeness (QED) is 0.541. The molecule has 0 bridgehead atoms. The first-order chi connectivity index (χ1) is 12.5. The van der Waals surface area contributed by atoms with Crippen LogP contribution in [0.25, 0.3) is 0 Å². The molecule has 1 aromatic rings. The van der Waals surface area contributed by atoms with Crippen molar-refractivity contribution in [1.29, 1.82) is 0 Å². The zero-order valence-corrected chi connectivity index (χ0v) is 18.0. The van der Waals surface area contributed by atoms with Crippen molar-refractivity contribution in [3.05, 3.63) is 10.7 Å². The van der Waals surface area contributed by atoms with Crippen molar-refractivity contribution >= 4 is 27.8 Å². The summed E-state index contributed by atoms with van der Waals surface area (Å²) in [5.41, 5.74) is 0. The highest BCUT2D eigenvalue weighted by molar-refractivity contribution is 9.10. The number of nitrogens with zero attached hydrogens (tertiary/aromatic N) is 6. The minimum Gasteiger partial charge on any atom is -0.480 e. The van der Waals surface area contributed by atoms with E-state index in [0.29, 0.717) is 17.9 Å². The largest absolute Gasteiger partial charge is 0.480 e. The monoisotopic (exact) mass is 427 g/mol. The van der Waals surface area contributed by atoms with Crippen LogP contribution in [0, 0.1) is 0 Å². The average Bonchev–Trinajstić information content (AvgIpc) is 2.65. The second-order valence-electron chi connectivity index (χ2n) is 6.55. The summed E-state index contributed by atoms with van der Waals surface area (Å²) in [5.74, 6) is 2.21. The fraction of sp³-hybridized carbons (Fsp3) is 0.706. The van der Waals surface area contributed by atoms with Gasteiger partial charge in [0.05, 0.1) is 17.8 Å². The molecule has 2 rings (SSSR count). The molecule has 1 N–H and O–H groups in total. The van der Waals surface area contributed by atoms with Gasteiger partial charge in [0.2, 0.25) is 11.8 Å². The molecule has 8 nitrogen and oxygen atoms in total. The predicted octanol–water partition coefficient (Wildman–Crippen LogP) is 1.29. The Kier molecular flexibility index (Phi) is 7.89. The van der Waals surface area contributed by atoms with Gasteiger partial charge in [-0.2, -0.15) is 4.98 Å². The predicted molar refractivity (Wildman–Crippen MR) is 109 cm³/mol. The van der Waals surface area contributed by atoms with Crippen LogP contribution < -0.4 is 15.0 Å². The van der Waals surface area contributed by atoms with Gasteiger partial charge in [-0.15, -0.1) is 0 Å². The summed E-state index contributed by atoms with van der Waals surface area (Å²) in [5, 5.41) is 3.46. The van der Waals surface area contributed by atoms with Gasteiger partial charge >= 0.3 is 0 Å². The fourth-order valence-corrected chi connectivity index (χ4v) is 3.04. The van der Waals surface area contributed by atoms with Crippen LogP contribution in [-0.4, -0.2) is 92.2 Å². The number of aromatic nitrogens is 2. The summed E-state index contributed by atoms with van der Waals surface area (Å²) in [4.78, 5) is 20.1. The van der Waals surface area contributed by atoms with Crippen molar-refractivity contribution in [2.45, 2.75) is 19.9 Å². The lowest BCUT2D eigenvalue weighted by Gasteiger charge is -2.36. The van der Waals surface area contributed by atoms with Crippen molar-refractivity contribution in [3.8, 4) is 5.88 Å². The molecule has 0 aliphatic carbocycles. The van der Waals surface area contributed by atoms with Gasteiger partial charge in [-0.3, -0.25) is 4.99 Å². The maximum atomic E-state index is 5.27. The Morgan fingerprint density at radius 2 is 2.08 bits per heavy atom. The molecule has 1 fully saturated rings. The number of ether oxygens (including phenoxy) is 1. The number of guanidine groups is 1. The van der Waals surface area contributed by atoms with E-state index in [-0.39, 0.29) is 0 Å². The highest BCUT2D eigenvalue weighted by Crippen LogP contribution is 2.23. The Bertz CT molecular complexity index is 603. The van der Waals surface area contributed by atoms with Gasteiger partial charge in [0.15, 0.2) is 5.96 Å². The maximum Gasteiger partial charge on any atom is 0.232 e. The van der Waals surface area contributed by atoms with Crippen LogP contribution in [0.4, 0.5) is 5.95 Å². The number of likely N-dealkylation sites (N-methyl/N-ethyl adjacent to an activating group) is 1. The number of methoxy groups -OCH3 is 1. The summed E-state index contributed by atoms with van der Waals surface area (Å²) in [6, 6.07) is 0.547. The molecule has 1 aromatic heterocycles. The minimum atomic E-state index is 0.547. The van der Waals surface area contributed by atoms with Crippen LogP contribution in [0.2, 0.25) is 0 Å². The molecule has 0 amide bonds. The van der Waals surface area contributed by atoms with Crippen LogP contribution in [0.3, 0.4) is 0 Å². The fourth-order valence-electron chi connectivity index (χ4n) is 2.69. The van der Waals surface area contributed by atoms with Crippen molar-refractivity contribution < 1.29 is 4.74 Å². The molecule has 1 saturated heterocycles. The summed E-state index contributed by atoms with van der Waals surface area (Å²) in [6.07, 6.45) is 1.74. The number of aliphatic imine (C=N–C) groups is 1. The number of nitrogens with one attached hydrogen (secondary N) is 1. The molecule has 0 atom stereocenters. The first kappa shape index (κ1) is 20.7. The van der Waals surface area contributed by atoms with Crippen LogP contribution in [0.5, 0.6) is 5.88 Å². The summed E-state index contributed by atoms with van der Waals surface area (Å²) in [6.45, 7) is 9.72. The van der Waals surface area contributed by atoms with Gasteiger partial charge in [-0.1, -0.05) is 0 Å². The lowest BCUT2D eigenvalue weighted by atomic mass is 10.3. The number of halogens is 1. The lowest BCUT2D eigenvalue weighted by molar-refractivity contribution is 0.275. The van der Waals surface area contributed by atoms with Crippen molar-refractivity contribution in [3.63, 3.8) is 0 Å². The van der Waals surface area contributed by atoms with Gasteiger partial charge in [0.25, 0.3) is 0 Å². The van der Waals surface area contributed by atoms with E-state index >= 15 is 0 Å². The highest BCUT2D eigenvalue weighted by atomic mass is 79.9. The third kappa shape index (κ3) is 5.44. The van der Waals surface area contributed by atoms with Gasteiger partial charge in [-0.05, 0) is 36.8 Å². The van der Waals surface area contributed by atoms with E-state index in [2.05, 4.69) is 71.8 Å². The molecule has 0 saturated carbocycles. The Balaban J connectivity index is 1.86. The number of anilines is 1. The maximum absolute atomic E-state index is 5.27. The smallest absolute Gasteiger partial charge is 0.232 e. The molecule has 1 aliphatic heterocycles. The van der Waals surface area contributed by atoms with E-state index in [1.807, 2.05) is 7.05 Å². The molecule has 9 heteroatoms. The molecule has 0 spiro atoms. The topological polar surface area (TPSA) is 69.1 Å². The zero-order valence-electron chi connectivity index (χ0n) is 16.4. The first-order valence-corrected chi connectivity index (χ1v) is 9.72. The summed E-state index contributed by atoms with van der Waals surface area (Å²) < 4.78 is 6.03. The molecule has 1 aliphatic rings. The van der Waals surface area contributed by atoms with Crippen LogP contribution in [0.15, 0.2) is 15.7 Å². The molecule has 0 unspecified atom stereocenters. The number of hydrogen-bond donors (Lipinski definition) is 1. The van der Waals surface area contributed by atoms with Gasteiger partial charge in [-0.25, -0.2) is 4.98 Å². The standard InChI is InChI=1S/C17H30BrN7O/c1-13(2)23(4)7-6-20-16(19-3)24-8-10-25(11-9-24)17-21-12-14(18)15(22-17)26-5/h12-13H,6-11H2,1-5H3,(H,19,20). The highest BCUT2D eigenvalue weighted by Gasteiger charge is 2.22. The van der Waals surface area contributed by atoms with Gasteiger partial charge in [0, 0.05) is 52.4 Å². The van der Waals surface area contributed by atoms with E-state index in [9.17, 15) is 0 Å². The molecule has 146 valence electrons. The number of rotatable bonds is 6. The van der Waals surface area contributed by atoms with E-state index in [4.69, 9.17) is 4.74 Å². The Hall–Kier alpha value is -1.61. The van der Waals surface area contributed by atoms with E-state index in [0.717, 1.165) is 49.7 Å². The molecular weight excluding hydrogens is 398 g/mol.